The van der Waals surface area contributed by atoms with Crippen molar-refractivity contribution in [2.45, 2.75) is 25.7 Å². The highest BCUT2D eigenvalue weighted by molar-refractivity contribution is 5.82. The first-order valence-corrected chi connectivity index (χ1v) is 8.49. The van der Waals surface area contributed by atoms with Gasteiger partial charge in [-0.25, -0.2) is 0 Å². The van der Waals surface area contributed by atoms with Crippen molar-refractivity contribution in [1.82, 2.24) is 10.2 Å². The van der Waals surface area contributed by atoms with Gasteiger partial charge in [-0.15, -0.1) is 0 Å². The molecule has 2 aliphatic rings. The topological polar surface area (TPSA) is 58.4 Å². The first kappa shape index (κ1) is 15.5. The molecule has 3 N–H and O–H groups in total. The summed E-state index contributed by atoms with van der Waals surface area (Å²) in [6.07, 6.45) is 4.30. The number of rotatable bonds is 6. The molecule has 1 aromatic carbocycles. The van der Waals surface area contributed by atoms with Crippen molar-refractivity contribution in [1.29, 1.82) is 0 Å². The van der Waals surface area contributed by atoms with E-state index in [-0.39, 0.29) is 5.92 Å². The minimum Gasteiger partial charge on any atom is -0.341 e. The minimum atomic E-state index is 0.247. The summed E-state index contributed by atoms with van der Waals surface area (Å²) in [5.74, 6) is 0.584. The van der Waals surface area contributed by atoms with Gasteiger partial charge in [0.25, 0.3) is 0 Å². The van der Waals surface area contributed by atoms with Crippen molar-refractivity contribution < 1.29 is 4.79 Å². The third-order valence-electron chi connectivity index (χ3n) is 5.31. The molecule has 1 amide bonds. The standard InChI is InChI=1S/C18H27N3O/c19-9-13-21(12-6-15-4-2-1-3-5-15)17(22)16-14-18(16)7-10-20-11-8-18/h1-5,16,20H,6-14,19H2. The molecule has 1 atom stereocenters. The van der Waals surface area contributed by atoms with Gasteiger partial charge in [-0.1, -0.05) is 30.3 Å². The summed E-state index contributed by atoms with van der Waals surface area (Å²) in [6, 6.07) is 10.4. The number of benzene rings is 1. The van der Waals surface area contributed by atoms with Crippen LogP contribution in [0.25, 0.3) is 0 Å². The van der Waals surface area contributed by atoms with Crippen molar-refractivity contribution in [2.24, 2.45) is 17.1 Å². The lowest BCUT2D eigenvalue weighted by Crippen LogP contribution is -2.40. The number of carbonyl (C=O) groups excluding carboxylic acids is 1. The lowest BCUT2D eigenvalue weighted by Gasteiger charge is -2.27. The van der Waals surface area contributed by atoms with E-state index in [1.807, 2.05) is 11.0 Å². The molecule has 0 aromatic heterocycles. The number of piperidine rings is 1. The molecule has 0 radical (unpaired) electrons. The fourth-order valence-electron chi connectivity index (χ4n) is 3.79. The Morgan fingerprint density at radius 2 is 1.95 bits per heavy atom. The lowest BCUT2D eigenvalue weighted by molar-refractivity contribution is -0.133. The Labute approximate surface area is 133 Å². The number of nitrogens with two attached hydrogens (primary N) is 1. The minimum absolute atomic E-state index is 0.247. The zero-order valence-electron chi connectivity index (χ0n) is 13.3. The SMILES string of the molecule is NCCN(CCc1ccccc1)C(=O)C1CC12CCNCC2. The smallest absolute Gasteiger partial charge is 0.226 e. The van der Waals surface area contributed by atoms with Gasteiger partial charge in [0.15, 0.2) is 0 Å². The van der Waals surface area contributed by atoms with Crippen LogP contribution in [0.1, 0.15) is 24.8 Å². The molecule has 1 heterocycles. The second-order valence-corrected chi connectivity index (χ2v) is 6.72. The Hall–Kier alpha value is -1.39. The maximum atomic E-state index is 12.8. The molecule has 22 heavy (non-hydrogen) atoms. The fourth-order valence-corrected chi connectivity index (χ4v) is 3.79. The molecule has 1 spiro atoms. The Morgan fingerprint density at radius 1 is 1.23 bits per heavy atom. The van der Waals surface area contributed by atoms with Gasteiger partial charge < -0.3 is 16.0 Å². The van der Waals surface area contributed by atoms with Crippen molar-refractivity contribution in [3.05, 3.63) is 35.9 Å². The zero-order valence-corrected chi connectivity index (χ0v) is 13.3. The molecule has 1 aromatic rings. The number of hydrogen-bond acceptors (Lipinski definition) is 3. The van der Waals surface area contributed by atoms with Crippen LogP contribution in [0.4, 0.5) is 0 Å². The summed E-state index contributed by atoms with van der Waals surface area (Å²) >= 11 is 0. The monoisotopic (exact) mass is 301 g/mol. The predicted molar refractivity (Wildman–Crippen MR) is 88.4 cm³/mol. The largest absolute Gasteiger partial charge is 0.341 e. The van der Waals surface area contributed by atoms with Crippen molar-refractivity contribution in [3.63, 3.8) is 0 Å². The average Bonchev–Trinajstić information content (AvgIpc) is 3.25. The average molecular weight is 301 g/mol. The van der Waals surface area contributed by atoms with Gasteiger partial charge in [-0.2, -0.15) is 0 Å². The molecular formula is C18H27N3O. The van der Waals surface area contributed by atoms with E-state index in [0.29, 0.717) is 24.4 Å². The highest BCUT2D eigenvalue weighted by atomic mass is 16.2. The van der Waals surface area contributed by atoms with E-state index in [2.05, 4.69) is 29.6 Å². The number of carbonyl (C=O) groups is 1. The van der Waals surface area contributed by atoms with E-state index in [0.717, 1.165) is 45.3 Å². The van der Waals surface area contributed by atoms with Crippen LogP contribution in [0.5, 0.6) is 0 Å². The van der Waals surface area contributed by atoms with Gasteiger partial charge in [-0.05, 0) is 49.8 Å². The maximum absolute atomic E-state index is 12.8. The Balaban J connectivity index is 1.57. The molecule has 3 rings (SSSR count). The van der Waals surface area contributed by atoms with Gasteiger partial charge in [0.1, 0.15) is 0 Å². The maximum Gasteiger partial charge on any atom is 0.226 e. The normalized spacial score (nSPS) is 22.5. The van der Waals surface area contributed by atoms with E-state index < -0.39 is 0 Å². The van der Waals surface area contributed by atoms with Crippen LogP contribution in [-0.4, -0.2) is 43.5 Å². The van der Waals surface area contributed by atoms with Crippen LogP contribution in [-0.2, 0) is 11.2 Å². The number of nitrogens with one attached hydrogen (secondary N) is 1. The molecule has 1 saturated carbocycles. The number of hydrogen-bond donors (Lipinski definition) is 2. The van der Waals surface area contributed by atoms with E-state index >= 15 is 0 Å². The van der Waals surface area contributed by atoms with Crippen molar-refractivity contribution in [3.8, 4) is 0 Å². The van der Waals surface area contributed by atoms with Crippen LogP contribution in [0.2, 0.25) is 0 Å². The van der Waals surface area contributed by atoms with Crippen LogP contribution in [0.15, 0.2) is 30.3 Å². The van der Waals surface area contributed by atoms with E-state index in [1.54, 1.807) is 0 Å². The summed E-state index contributed by atoms with van der Waals surface area (Å²) in [7, 11) is 0. The number of amides is 1. The first-order valence-electron chi connectivity index (χ1n) is 8.49. The summed E-state index contributed by atoms with van der Waals surface area (Å²) in [4.78, 5) is 14.8. The third-order valence-corrected chi connectivity index (χ3v) is 5.31. The summed E-state index contributed by atoms with van der Waals surface area (Å²) < 4.78 is 0. The van der Waals surface area contributed by atoms with Gasteiger partial charge in [-0.3, -0.25) is 4.79 Å². The molecule has 1 unspecified atom stereocenters. The molecular weight excluding hydrogens is 274 g/mol. The Bertz CT molecular complexity index is 496. The molecule has 4 heteroatoms. The molecule has 2 fully saturated rings. The summed E-state index contributed by atoms with van der Waals surface area (Å²) in [5.41, 5.74) is 7.31. The second-order valence-electron chi connectivity index (χ2n) is 6.72. The molecule has 120 valence electrons. The molecule has 4 nitrogen and oxygen atoms in total. The third kappa shape index (κ3) is 3.33. The Kier molecular flexibility index (Phi) is 4.79. The van der Waals surface area contributed by atoms with Gasteiger partial charge >= 0.3 is 0 Å². The van der Waals surface area contributed by atoms with E-state index in [4.69, 9.17) is 5.73 Å². The predicted octanol–water partition coefficient (Wildman–Crippen LogP) is 1.41. The Morgan fingerprint density at radius 3 is 2.64 bits per heavy atom. The van der Waals surface area contributed by atoms with Crippen molar-refractivity contribution >= 4 is 5.91 Å². The van der Waals surface area contributed by atoms with Crippen molar-refractivity contribution in [2.75, 3.05) is 32.7 Å². The van der Waals surface area contributed by atoms with Crippen LogP contribution in [0, 0.1) is 11.3 Å². The summed E-state index contributed by atoms with van der Waals surface area (Å²) in [6.45, 7) is 4.12. The fraction of sp³-hybridized carbons (Fsp3) is 0.611. The van der Waals surface area contributed by atoms with E-state index in [9.17, 15) is 4.79 Å². The van der Waals surface area contributed by atoms with Crippen LogP contribution in [0.3, 0.4) is 0 Å². The zero-order chi connectivity index (χ0) is 15.4. The second kappa shape index (κ2) is 6.80. The molecule has 0 bridgehead atoms. The molecule has 1 aliphatic heterocycles. The van der Waals surface area contributed by atoms with Gasteiger partial charge in [0.2, 0.25) is 5.91 Å². The summed E-state index contributed by atoms with van der Waals surface area (Å²) in [5, 5.41) is 3.40. The quantitative estimate of drug-likeness (QED) is 0.835. The first-order chi connectivity index (χ1) is 10.7. The molecule has 1 saturated heterocycles. The van der Waals surface area contributed by atoms with Gasteiger partial charge in [0, 0.05) is 25.6 Å². The highest BCUT2D eigenvalue weighted by Crippen LogP contribution is 2.59. The molecule has 1 aliphatic carbocycles. The van der Waals surface area contributed by atoms with Crippen LogP contribution >= 0.6 is 0 Å². The van der Waals surface area contributed by atoms with E-state index in [1.165, 1.54) is 5.56 Å². The van der Waals surface area contributed by atoms with Gasteiger partial charge in [0.05, 0.1) is 0 Å². The lowest BCUT2D eigenvalue weighted by atomic mass is 9.91. The number of nitrogens with zero attached hydrogens (tertiary/aromatic N) is 1. The highest BCUT2D eigenvalue weighted by Gasteiger charge is 2.58. The van der Waals surface area contributed by atoms with Crippen LogP contribution < -0.4 is 11.1 Å².